The monoisotopic (exact) mass is 386 g/mol. The molecule has 4 N–H and O–H groups in total. The van der Waals surface area contributed by atoms with Crippen LogP contribution in [0.4, 0.5) is 5.69 Å². The van der Waals surface area contributed by atoms with Crippen LogP contribution in [-0.2, 0) is 9.59 Å². The molecule has 0 aromatic heterocycles. The van der Waals surface area contributed by atoms with E-state index in [2.05, 4.69) is 10.6 Å². The van der Waals surface area contributed by atoms with Gasteiger partial charge < -0.3 is 20.8 Å². The first-order valence-corrected chi connectivity index (χ1v) is 8.87. The van der Waals surface area contributed by atoms with Crippen molar-refractivity contribution in [3.8, 4) is 0 Å². The van der Waals surface area contributed by atoms with Gasteiger partial charge >= 0.3 is 11.9 Å². The molecule has 0 bridgehead atoms. The summed E-state index contributed by atoms with van der Waals surface area (Å²) in [6.45, 7) is 4.53. The van der Waals surface area contributed by atoms with Crippen molar-refractivity contribution in [3.63, 3.8) is 0 Å². The van der Waals surface area contributed by atoms with Gasteiger partial charge in [-0.1, -0.05) is 29.8 Å². The molecule has 1 amide bonds. The average Bonchev–Trinajstić information content (AvgIpc) is 2.61. The van der Waals surface area contributed by atoms with E-state index in [-0.39, 0.29) is 25.3 Å². The molecule has 7 nitrogen and oxygen atoms in total. The van der Waals surface area contributed by atoms with Gasteiger partial charge in [-0.2, -0.15) is 0 Å². The molecular formula is C21H26N2O5. The van der Waals surface area contributed by atoms with Crippen LogP contribution in [0.2, 0.25) is 0 Å². The van der Waals surface area contributed by atoms with Crippen molar-refractivity contribution in [1.29, 1.82) is 0 Å². The largest absolute Gasteiger partial charge is 0.481 e. The van der Waals surface area contributed by atoms with Crippen LogP contribution < -0.4 is 10.6 Å². The third kappa shape index (κ3) is 9.96. The van der Waals surface area contributed by atoms with Crippen molar-refractivity contribution >= 4 is 23.5 Å². The van der Waals surface area contributed by atoms with E-state index in [9.17, 15) is 14.4 Å². The van der Waals surface area contributed by atoms with Crippen molar-refractivity contribution in [1.82, 2.24) is 5.32 Å². The highest BCUT2D eigenvalue weighted by Gasteiger charge is 2.05. The maximum absolute atomic E-state index is 11.5. The number of nitrogens with one attached hydrogen (secondary N) is 2. The molecule has 2 aromatic rings. The van der Waals surface area contributed by atoms with Gasteiger partial charge in [0.05, 0.1) is 12.8 Å². The van der Waals surface area contributed by atoms with E-state index >= 15 is 0 Å². The lowest BCUT2D eigenvalue weighted by Gasteiger charge is -2.04. The van der Waals surface area contributed by atoms with Crippen LogP contribution in [0.15, 0.2) is 48.5 Å². The van der Waals surface area contributed by atoms with Gasteiger partial charge in [-0.05, 0) is 43.7 Å². The van der Waals surface area contributed by atoms with Crippen LogP contribution in [0.1, 0.15) is 34.3 Å². The van der Waals surface area contributed by atoms with Crippen molar-refractivity contribution in [3.05, 3.63) is 65.2 Å². The fourth-order valence-electron chi connectivity index (χ4n) is 2.24. The van der Waals surface area contributed by atoms with E-state index in [0.717, 1.165) is 11.3 Å². The smallest absolute Gasteiger partial charge is 0.305 e. The molecule has 2 aromatic carbocycles. The number of benzene rings is 2. The zero-order chi connectivity index (χ0) is 20.9. The van der Waals surface area contributed by atoms with E-state index in [1.54, 1.807) is 18.2 Å². The van der Waals surface area contributed by atoms with Crippen molar-refractivity contribution in [2.24, 2.45) is 0 Å². The Hall–Kier alpha value is -3.35. The zero-order valence-corrected chi connectivity index (χ0v) is 16.1. The minimum atomic E-state index is -0.917. The van der Waals surface area contributed by atoms with Crippen LogP contribution in [0, 0.1) is 13.8 Å². The fraction of sp³-hybridized carbons (Fsp3) is 0.286. The molecule has 0 heterocycles. The third-order valence-electron chi connectivity index (χ3n) is 3.59. The lowest BCUT2D eigenvalue weighted by molar-refractivity contribution is -0.137. The molecule has 0 aliphatic rings. The minimum absolute atomic E-state index is 0.0580. The second-order valence-electron chi connectivity index (χ2n) is 6.21. The maximum Gasteiger partial charge on any atom is 0.305 e. The summed E-state index contributed by atoms with van der Waals surface area (Å²) < 4.78 is 0. The summed E-state index contributed by atoms with van der Waals surface area (Å²) in [5.41, 5.74) is 3.70. The topological polar surface area (TPSA) is 116 Å². The van der Waals surface area contributed by atoms with Crippen LogP contribution in [-0.4, -0.2) is 41.1 Å². The van der Waals surface area contributed by atoms with Crippen molar-refractivity contribution < 1.29 is 24.6 Å². The van der Waals surface area contributed by atoms with Crippen LogP contribution >= 0.6 is 0 Å². The predicted molar refractivity (Wildman–Crippen MR) is 108 cm³/mol. The van der Waals surface area contributed by atoms with Gasteiger partial charge in [0.25, 0.3) is 5.91 Å². The standard InChI is InChI=1S/C11H13NO3.C10H13NO2/c1-8-3-2-4-9(7-8)11(15)12-6-5-10(13)14;1-8-3-2-4-9(7-8)11-6-5-10(12)13/h2-4,7H,5-6H2,1H3,(H,12,15)(H,13,14);2-4,7,11H,5-6H2,1H3,(H,12,13). The van der Waals surface area contributed by atoms with E-state index in [1.807, 2.05) is 44.2 Å². The van der Waals surface area contributed by atoms with Crippen LogP contribution in [0.25, 0.3) is 0 Å². The first-order valence-electron chi connectivity index (χ1n) is 8.87. The Morgan fingerprint density at radius 2 is 1.39 bits per heavy atom. The van der Waals surface area contributed by atoms with E-state index < -0.39 is 11.9 Å². The molecule has 7 heteroatoms. The average molecular weight is 386 g/mol. The van der Waals surface area contributed by atoms with Crippen molar-refractivity contribution in [2.45, 2.75) is 26.7 Å². The molecule has 150 valence electrons. The molecule has 0 fully saturated rings. The first-order chi connectivity index (χ1) is 13.3. The number of carboxylic acids is 2. The first kappa shape index (κ1) is 22.7. The molecule has 0 atom stereocenters. The van der Waals surface area contributed by atoms with Gasteiger partial charge in [0.15, 0.2) is 0 Å². The SMILES string of the molecule is Cc1cccc(C(=O)NCCC(=O)O)c1.Cc1cccc(NCCC(=O)O)c1. The van der Waals surface area contributed by atoms with Crippen LogP contribution in [0.5, 0.6) is 0 Å². The molecule has 0 unspecified atom stereocenters. The number of aliphatic carboxylic acids is 2. The molecule has 0 aliphatic heterocycles. The van der Waals surface area contributed by atoms with Gasteiger partial charge in [0.1, 0.15) is 0 Å². The Morgan fingerprint density at radius 3 is 1.96 bits per heavy atom. The third-order valence-corrected chi connectivity index (χ3v) is 3.59. The molecule has 0 radical (unpaired) electrons. The summed E-state index contributed by atoms with van der Waals surface area (Å²) >= 11 is 0. The lowest BCUT2D eigenvalue weighted by atomic mass is 10.1. The summed E-state index contributed by atoms with van der Waals surface area (Å²) in [6, 6.07) is 15.0. The highest BCUT2D eigenvalue weighted by Crippen LogP contribution is 2.09. The second-order valence-corrected chi connectivity index (χ2v) is 6.21. The lowest BCUT2D eigenvalue weighted by Crippen LogP contribution is -2.25. The normalized spacial score (nSPS) is 9.64. The number of rotatable bonds is 8. The second kappa shape index (κ2) is 12.1. The van der Waals surface area contributed by atoms with Crippen LogP contribution in [0.3, 0.4) is 0 Å². The molecule has 0 aliphatic carbocycles. The molecule has 0 saturated heterocycles. The molecular weight excluding hydrogens is 360 g/mol. The summed E-state index contributed by atoms with van der Waals surface area (Å²) in [6.07, 6.45) is 0.0888. The number of anilines is 1. The Labute approximate surface area is 164 Å². The van der Waals surface area contributed by atoms with E-state index in [0.29, 0.717) is 12.1 Å². The Kier molecular flexibility index (Phi) is 9.82. The number of hydrogen-bond donors (Lipinski definition) is 4. The Morgan fingerprint density at radius 1 is 0.821 bits per heavy atom. The highest BCUT2D eigenvalue weighted by atomic mass is 16.4. The minimum Gasteiger partial charge on any atom is -0.481 e. The summed E-state index contributed by atoms with van der Waals surface area (Å²) in [5, 5.41) is 22.4. The number of aryl methyl sites for hydroxylation is 2. The quantitative estimate of drug-likeness (QED) is 0.554. The Bertz CT molecular complexity index is 805. The summed E-state index contributed by atoms with van der Waals surface area (Å²) in [7, 11) is 0. The fourth-order valence-corrected chi connectivity index (χ4v) is 2.24. The molecule has 2 rings (SSSR count). The number of amides is 1. The number of carboxylic acid groups (broad SMARTS) is 2. The Balaban J connectivity index is 0.000000283. The van der Waals surface area contributed by atoms with E-state index in [1.165, 1.54) is 5.56 Å². The van der Waals surface area contributed by atoms with Crippen molar-refractivity contribution in [2.75, 3.05) is 18.4 Å². The number of carbonyl (C=O) groups is 3. The molecule has 0 saturated carbocycles. The number of carbonyl (C=O) groups excluding carboxylic acids is 1. The van der Waals surface area contributed by atoms with Gasteiger partial charge in [0.2, 0.25) is 0 Å². The summed E-state index contributed by atoms with van der Waals surface area (Å²) in [4.78, 5) is 31.9. The molecule has 28 heavy (non-hydrogen) atoms. The van der Waals surface area contributed by atoms with Gasteiger partial charge in [0, 0.05) is 24.3 Å². The van der Waals surface area contributed by atoms with Gasteiger partial charge in [-0.3, -0.25) is 14.4 Å². The maximum atomic E-state index is 11.5. The number of hydrogen-bond acceptors (Lipinski definition) is 4. The highest BCUT2D eigenvalue weighted by molar-refractivity contribution is 5.94. The predicted octanol–water partition coefficient (Wildman–Crippen LogP) is 3.08. The summed E-state index contributed by atoms with van der Waals surface area (Å²) in [5.74, 6) is -1.93. The van der Waals surface area contributed by atoms with Gasteiger partial charge in [-0.25, -0.2) is 0 Å². The van der Waals surface area contributed by atoms with Gasteiger partial charge in [-0.15, -0.1) is 0 Å². The molecule has 0 spiro atoms. The zero-order valence-electron chi connectivity index (χ0n) is 16.1. The van der Waals surface area contributed by atoms with E-state index in [4.69, 9.17) is 10.2 Å².